The van der Waals surface area contributed by atoms with Gasteiger partial charge in [-0.3, -0.25) is 9.59 Å². The van der Waals surface area contributed by atoms with Crippen molar-refractivity contribution in [3.8, 4) is 5.75 Å². The molecule has 3 N–H and O–H groups in total. The second kappa shape index (κ2) is 14.1. The average Bonchev–Trinajstić information content (AvgIpc) is 2.97. The number of carbonyl (C=O) groups is 3. The number of nitrogens with zero attached hydrogens (tertiary/aromatic N) is 1. The Bertz CT molecular complexity index is 1670. The molecular formula is C37H41N3O5. The number of ether oxygens (including phenoxy) is 1. The fraction of sp³-hybridized carbons (Fsp3) is 0.270. The van der Waals surface area contributed by atoms with Crippen molar-refractivity contribution < 1.29 is 24.2 Å². The summed E-state index contributed by atoms with van der Waals surface area (Å²) in [4.78, 5) is 43.3. The monoisotopic (exact) mass is 607 g/mol. The first-order valence-electron chi connectivity index (χ1n) is 14.9. The summed E-state index contributed by atoms with van der Waals surface area (Å²) in [5.74, 6) is -0.816. The van der Waals surface area contributed by atoms with Gasteiger partial charge in [0.05, 0.1) is 0 Å². The third-order valence-corrected chi connectivity index (χ3v) is 7.37. The second-order valence-corrected chi connectivity index (χ2v) is 12.1. The first-order valence-corrected chi connectivity index (χ1v) is 14.9. The summed E-state index contributed by atoms with van der Waals surface area (Å²) >= 11 is 0. The van der Waals surface area contributed by atoms with Gasteiger partial charge in [-0.25, -0.2) is 4.79 Å². The predicted molar refractivity (Wildman–Crippen MR) is 178 cm³/mol. The Labute approximate surface area is 264 Å². The van der Waals surface area contributed by atoms with E-state index < -0.39 is 35.6 Å². The molecule has 2 unspecified atom stereocenters. The van der Waals surface area contributed by atoms with E-state index in [1.807, 2.05) is 74.5 Å². The minimum atomic E-state index is -1.09. The molecule has 234 valence electrons. The Kier molecular flexibility index (Phi) is 10.3. The summed E-state index contributed by atoms with van der Waals surface area (Å²) < 4.78 is 5.50. The quantitative estimate of drug-likeness (QED) is 0.168. The number of carbonyl (C=O) groups excluding carboxylic acids is 3. The van der Waals surface area contributed by atoms with Gasteiger partial charge in [0.1, 0.15) is 23.4 Å². The number of aromatic hydroxyl groups is 1. The van der Waals surface area contributed by atoms with E-state index in [1.54, 1.807) is 39.0 Å². The van der Waals surface area contributed by atoms with Crippen LogP contribution in [0.5, 0.6) is 5.75 Å². The molecule has 4 aromatic rings. The molecule has 2 atom stereocenters. The maximum atomic E-state index is 14.6. The van der Waals surface area contributed by atoms with Gasteiger partial charge in [0.15, 0.2) is 0 Å². The van der Waals surface area contributed by atoms with Gasteiger partial charge < -0.3 is 25.4 Å². The van der Waals surface area contributed by atoms with Gasteiger partial charge >= 0.3 is 6.09 Å². The van der Waals surface area contributed by atoms with Crippen LogP contribution in [0, 0.1) is 13.8 Å². The summed E-state index contributed by atoms with van der Waals surface area (Å²) in [6, 6.07) is 23.5. The van der Waals surface area contributed by atoms with Crippen LogP contribution in [0.25, 0.3) is 10.8 Å². The van der Waals surface area contributed by atoms with E-state index in [2.05, 4.69) is 17.2 Å². The van der Waals surface area contributed by atoms with Crippen molar-refractivity contribution in [3.05, 3.63) is 120 Å². The minimum absolute atomic E-state index is 0.0322. The molecule has 8 nitrogen and oxygen atoms in total. The molecule has 0 saturated carbocycles. The predicted octanol–water partition coefficient (Wildman–Crippen LogP) is 6.99. The molecule has 0 saturated heterocycles. The van der Waals surface area contributed by atoms with Crippen molar-refractivity contribution in [2.24, 2.45) is 0 Å². The fourth-order valence-electron chi connectivity index (χ4n) is 5.34. The number of fused-ring (bicyclic) bond motifs is 1. The number of amides is 3. The summed E-state index contributed by atoms with van der Waals surface area (Å²) in [5.41, 5.74) is 2.86. The summed E-state index contributed by atoms with van der Waals surface area (Å²) in [6.45, 7) is 12.9. The zero-order chi connectivity index (χ0) is 32.7. The first-order chi connectivity index (χ1) is 21.4. The van der Waals surface area contributed by atoms with Gasteiger partial charge in [-0.15, -0.1) is 6.58 Å². The summed E-state index contributed by atoms with van der Waals surface area (Å²) in [7, 11) is 0. The molecule has 0 aliphatic heterocycles. The number of aryl methyl sites for hydroxylation is 2. The number of anilines is 1. The van der Waals surface area contributed by atoms with Gasteiger partial charge in [0.25, 0.3) is 5.91 Å². The Hall–Kier alpha value is -5.11. The molecule has 8 heteroatoms. The van der Waals surface area contributed by atoms with Crippen LogP contribution in [0.15, 0.2) is 97.6 Å². The minimum Gasteiger partial charge on any atom is -0.508 e. The highest BCUT2D eigenvalue weighted by atomic mass is 16.6. The number of alkyl carbamates (subject to hydrolysis) is 1. The van der Waals surface area contributed by atoms with E-state index in [0.29, 0.717) is 16.8 Å². The van der Waals surface area contributed by atoms with Gasteiger partial charge in [-0.1, -0.05) is 66.7 Å². The largest absolute Gasteiger partial charge is 0.508 e. The second-order valence-electron chi connectivity index (χ2n) is 12.1. The topological polar surface area (TPSA) is 108 Å². The number of benzene rings is 4. The van der Waals surface area contributed by atoms with Crippen molar-refractivity contribution >= 4 is 34.4 Å². The molecule has 0 spiro atoms. The summed E-state index contributed by atoms with van der Waals surface area (Å²) in [6.07, 6.45) is 0.896. The molecule has 45 heavy (non-hydrogen) atoms. The van der Waals surface area contributed by atoms with E-state index in [-0.39, 0.29) is 18.7 Å². The van der Waals surface area contributed by atoms with Crippen molar-refractivity contribution in [1.29, 1.82) is 0 Å². The number of nitrogens with one attached hydrogen (secondary N) is 2. The highest BCUT2D eigenvalue weighted by Gasteiger charge is 2.37. The molecule has 0 radical (unpaired) electrons. The van der Waals surface area contributed by atoms with Gasteiger partial charge in [0, 0.05) is 18.7 Å². The lowest BCUT2D eigenvalue weighted by atomic mass is 9.93. The SMILES string of the molecule is C=CCN(C(=O)C(Cc1ccc(O)cc1)NC(=O)OC(C)(C)C)C(C(=O)Nc1ccc2ccccc2c1)c1c(C)cccc1C. The standard InChI is InChI=1S/C37H41N3O5/c1-7-21-40(35(43)31(39-36(44)45-37(4,5)6)22-26-15-19-30(41)20-16-26)33(32-24(2)11-10-12-25(32)3)34(42)38-29-18-17-27-13-8-9-14-28(27)23-29/h7-20,23,31,33,41H,1,21-22H2,2-6H3,(H,38,42)(H,39,44). The van der Waals surface area contributed by atoms with Crippen LogP contribution in [-0.4, -0.2) is 46.1 Å². The van der Waals surface area contributed by atoms with Crippen molar-refractivity contribution in [2.45, 2.75) is 58.7 Å². The van der Waals surface area contributed by atoms with Gasteiger partial charge in [0.2, 0.25) is 5.91 Å². The van der Waals surface area contributed by atoms with Crippen LogP contribution in [-0.2, 0) is 20.7 Å². The first kappa shape index (κ1) is 32.8. The third kappa shape index (κ3) is 8.50. The van der Waals surface area contributed by atoms with Gasteiger partial charge in [-0.2, -0.15) is 0 Å². The number of phenolic OH excluding ortho intramolecular Hbond substituents is 1. The molecule has 0 aliphatic carbocycles. The molecule has 0 aliphatic rings. The van der Waals surface area contributed by atoms with Crippen LogP contribution >= 0.6 is 0 Å². The number of hydrogen-bond donors (Lipinski definition) is 3. The number of phenols is 1. The molecule has 0 bridgehead atoms. The van der Waals surface area contributed by atoms with Crippen molar-refractivity contribution in [2.75, 3.05) is 11.9 Å². The molecule has 0 aromatic heterocycles. The molecule has 0 fully saturated rings. The van der Waals surface area contributed by atoms with Crippen LogP contribution < -0.4 is 10.6 Å². The van der Waals surface area contributed by atoms with Crippen LogP contribution in [0.4, 0.5) is 10.5 Å². The van der Waals surface area contributed by atoms with Crippen molar-refractivity contribution in [3.63, 3.8) is 0 Å². The van der Waals surface area contributed by atoms with Crippen LogP contribution in [0.2, 0.25) is 0 Å². The lowest BCUT2D eigenvalue weighted by Crippen LogP contribution is -2.53. The Morgan fingerprint density at radius 2 is 1.56 bits per heavy atom. The third-order valence-electron chi connectivity index (χ3n) is 7.37. The molecule has 4 aromatic carbocycles. The maximum absolute atomic E-state index is 14.6. The normalized spacial score (nSPS) is 12.6. The molecular weight excluding hydrogens is 566 g/mol. The van der Waals surface area contributed by atoms with Crippen LogP contribution in [0.3, 0.4) is 0 Å². The van der Waals surface area contributed by atoms with E-state index in [0.717, 1.165) is 21.9 Å². The van der Waals surface area contributed by atoms with E-state index in [9.17, 15) is 19.5 Å². The highest BCUT2D eigenvalue weighted by Crippen LogP contribution is 2.31. The Morgan fingerprint density at radius 1 is 0.911 bits per heavy atom. The maximum Gasteiger partial charge on any atom is 0.408 e. The van der Waals surface area contributed by atoms with Crippen molar-refractivity contribution in [1.82, 2.24) is 10.2 Å². The molecule has 4 rings (SSSR count). The number of hydrogen-bond acceptors (Lipinski definition) is 5. The van der Waals surface area contributed by atoms with Gasteiger partial charge in [-0.05, 0) is 91.9 Å². The van der Waals surface area contributed by atoms with Crippen LogP contribution in [0.1, 0.15) is 49.1 Å². The van der Waals surface area contributed by atoms with E-state index >= 15 is 0 Å². The summed E-state index contributed by atoms with van der Waals surface area (Å²) in [5, 5.41) is 17.6. The lowest BCUT2D eigenvalue weighted by Gasteiger charge is -2.35. The molecule has 0 heterocycles. The smallest absolute Gasteiger partial charge is 0.408 e. The Balaban J connectivity index is 1.77. The highest BCUT2D eigenvalue weighted by molar-refractivity contribution is 6.01. The molecule has 3 amide bonds. The zero-order valence-electron chi connectivity index (χ0n) is 26.5. The Morgan fingerprint density at radius 3 is 2.18 bits per heavy atom. The average molecular weight is 608 g/mol. The lowest BCUT2D eigenvalue weighted by molar-refractivity contribution is -0.140. The van der Waals surface area contributed by atoms with E-state index in [1.165, 1.54) is 17.0 Å². The zero-order valence-corrected chi connectivity index (χ0v) is 26.5. The fourth-order valence-corrected chi connectivity index (χ4v) is 5.34. The van der Waals surface area contributed by atoms with E-state index in [4.69, 9.17) is 4.74 Å². The number of rotatable bonds is 10.